The number of ketones is 1. The predicted octanol–water partition coefficient (Wildman–Crippen LogP) is 1.73. The summed E-state index contributed by atoms with van der Waals surface area (Å²) in [5.74, 6) is -0.635. The standard InChI is InChI=1S/C16H24O5/c1-9(19-4)16(18)8-11-10(6-5-7-12(11)17)13-14(16)21-15(2,3)20-13/h9,13-14,18H,5-8H2,1-4H3/t9-,13+,14+,16+/m0/s1. The highest BCUT2D eigenvalue weighted by Crippen LogP contribution is 2.49. The fourth-order valence-corrected chi connectivity index (χ4v) is 3.79. The van der Waals surface area contributed by atoms with Crippen molar-refractivity contribution in [3.05, 3.63) is 11.1 Å². The summed E-state index contributed by atoms with van der Waals surface area (Å²) in [6, 6.07) is 0. The van der Waals surface area contributed by atoms with Crippen molar-refractivity contribution < 1.29 is 24.1 Å². The molecule has 21 heavy (non-hydrogen) atoms. The van der Waals surface area contributed by atoms with E-state index in [1.54, 1.807) is 7.11 Å². The molecule has 1 fully saturated rings. The van der Waals surface area contributed by atoms with Crippen LogP contribution in [0.5, 0.6) is 0 Å². The Bertz CT molecular complexity index is 495. The average Bonchev–Trinajstić information content (AvgIpc) is 2.76. The number of ether oxygens (including phenoxy) is 3. The van der Waals surface area contributed by atoms with E-state index < -0.39 is 23.6 Å². The van der Waals surface area contributed by atoms with E-state index in [0.717, 1.165) is 24.0 Å². The number of aliphatic hydroxyl groups is 1. The number of Topliss-reactive ketones (excluding diaryl/α,β-unsaturated/α-hetero) is 1. The van der Waals surface area contributed by atoms with Gasteiger partial charge in [0, 0.05) is 25.5 Å². The molecular formula is C16H24O5. The summed E-state index contributed by atoms with van der Waals surface area (Å²) in [5, 5.41) is 11.2. The fourth-order valence-electron chi connectivity index (χ4n) is 3.79. The topological polar surface area (TPSA) is 65.0 Å². The van der Waals surface area contributed by atoms with Gasteiger partial charge in [0.2, 0.25) is 0 Å². The largest absolute Gasteiger partial charge is 0.384 e. The lowest BCUT2D eigenvalue weighted by Gasteiger charge is -2.45. The second kappa shape index (κ2) is 4.88. The molecule has 0 saturated carbocycles. The van der Waals surface area contributed by atoms with Crippen molar-refractivity contribution in [2.75, 3.05) is 7.11 Å². The predicted molar refractivity (Wildman–Crippen MR) is 75.7 cm³/mol. The molecule has 1 heterocycles. The molecular weight excluding hydrogens is 272 g/mol. The van der Waals surface area contributed by atoms with E-state index in [2.05, 4.69) is 0 Å². The van der Waals surface area contributed by atoms with E-state index in [9.17, 15) is 9.90 Å². The summed E-state index contributed by atoms with van der Waals surface area (Å²) >= 11 is 0. The molecule has 0 aromatic rings. The van der Waals surface area contributed by atoms with Gasteiger partial charge < -0.3 is 19.3 Å². The van der Waals surface area contributed by atoms with Gasteiger partial charge in [-0.25, -0.2) is 0 Å². The molecule has 1 N–H and O–H groups in total. The van der Waals surface area contributed by atoms with Gasteiger partial charge in [-0.3, -0.25) is 4.79 Å². The van der Waals surface area contributed by atoms with Crippen LogP contribution in [-0.2, 0) is 19.0 Å². The first-order valence-corrected chi connectivity index (χ1v) is 7.64. The third-order valence-corrected chi connectivity index (χ3v) is 5.02. The molecule has 0 radical (unpaired) electrons. The monoisotopic (exact) mass is 296 g/mol. The van der Waals surface area contributed by atoms with E-state index in [1.165, 1.54) is 0 Å². The number of rotatable bonds is 2. The van der Waals surface area contributed by atoms with Gasteiger partial charge in [-0.1, -0.05) is 0 Å². The van der Waals surface area contributed by atoms with Gasteiger partial charge in [-0.15, -0.1) is 0 Å². The average molecular weight is 296 g/mol. The normalized spacial score (nSPS) is 40.0. The second-order valence-electron chi connectivity index (χ2n) is 6.80. The lowest BCUT2D eigenvalue weighted by atomic mass is 9.69. The third-order valence-electron chi connectivity index (χ3n) is 5.02. The molecule has 0 spiro atoms. The molecule has 0 unspecified atom stereocenters. The molecule has 0 aromatic heterocycles. The lowest BCUT2D eigenvalue weighted by Crippen LogP contribution is -2.59. The number of methoxy groups -OCH3 is 1. The molecule has 4 atom stereocenters. The molecule has 0 bridgehead atoms. The van der Waals surface area contributed by atoms with Crippen LogP contribution in [0.15, 0.2) is 11.1 Å². The van der Waals surface area contributed by atoms with Crippen LogP contribution < -0.4 is 0 Å². The van der Waals surface area contributed by atoms with Crippen molar-refractivity contribution in [2.45, 2.75) is 76.2 Å². The summed E-state index contributed by atoms with van der Waals surface area (Å²) < 4.78 is 17.4. The summed E-state index contributed by atoms with van der Waals surface area (Å²) in [7, 11) is 1.56. The minimum Gasteiger partial charge on any atom is -0.384 e. The lowest BCUT2D eigenvalue weighted by molar-refractivity contribution is -0.195. The molecule has 3 rings (SSSR count). The molecule has 0 aromatic carbocycles. The zero-order chi connectivity index (χ0) is 15.4. The first-order chi connectivity index (χ1) is 9.78. The second-order valence-corrected chi connectivity index (χ2v) is 6.80. The first kappa shape index (κ1) is 15.2. The van der Waals surface area contributed by atoms with Crippen molar-refractivity contribution in [1.82, 2.24) is 0 Å². The van der Waals surface area contributed by atoms with Crippen molar-refractivity contribution in [3.63, 3.8) is 0 Å². The maximum Gasteiger partial charge on any atom is 0.164 e. The third kappa shape index (κ3) is 2.27. The zero-order valence-electron chi connectivity index (χ0n) is 13.1. The minimum absolute atomic E-state index is 0.129. The molecule has 118 valence electrons. The van der Waals surface area contributed by atoms with Crippen LogP contribution >= 0.6 is 0 Å². The summed E-state index contributed by atoms with van der Waals surface area (Å²) in [6.45, 7) is 5.49. The van der Waals surface area contributed by atoms with E-state index in [4.69, 9.17) is 14.2 Å². The minimum atomic E-state index is -1.24. The van der Waals surface area contributed by atoms with Crippen LogP contribution in [0.25, 0.3) is 0 Å². The highest BCUT2D eigenvalue weighted by Gasteiger charge is 2.59. The van der Waals surface area contributed by atoms with Crippen LogP contribution in [0.3, 0.4) is 0 Å². The van der Waals surface area contributed by atoms with E-state index >= 15 is 0 Å². The van der Waals surface area contributed by atoms with Crippen LogP contribution in [0, 0.1) is 0 Å². The summed E-state index contributed by atoms with van der Waals surface area (Å²) in [6.07, 6.45) is 1.26. The van der Waals surface area contributed by atoms with Crippen LogP contribution in [-0.4, -0.2) is 47.7 Å². The highest BCUT2D eigenvalue weighted by atomic mass is 16.8. The molecule has 3 aliphatic rings. The summed E-state index contributed by atoms with van der Waals surface area (Å²) in [4.78, 5) is 12.3. The van der Waals surface area contributed by atoms with Crippen LogP contribution in [0.1, 0.15) is 46.5 Å². The van der Waals surface area contributed by atoms with Gasteiger partial charge >= 0.3 is 0 Å². The number of fused-ring (bicyclic) bond motifs is 2. The van der Waals surface area contributed by atoms with Gasteiger partial charge in [-0.05, 0) is 39.2 Å². The Hall–Kier alpha value is -0.750. The van der Waals surface area contributed by atoms with Gasteiger partial charge in [0.1, 0.15) is 17.8 Å². The van der Waals surface area contributed by atoms with Crippen LogP contribution in [0.4, 0.5) is 0 Å². The quantitative estimate of drug-likeness (QED) is 0.840. The van der Waals surface area contributed by atoms with Crippen molar-refractivity contribution in [3.8, 4) is 0 Å². The fraction of sp³-hybridized carbons (Fsp3) is 0.812. The first-order valence-electron chi connectivity index (χ1n) is 7.64. The van der Waals surface area contributed by atoms with E-state index in [-0.39, 0.29) is 18.3 Å². The number of carbonyl (C=O) groups is 1. The Balaban J connectivity index is 2.07. The smallest absolute Gasteiger partial charge is 0.164 e. The molecule has 1 saturated heterocycles. The Morgan fingerprint density at radius 3 is 2.71 bits per heavy atom. The highest BCUT2D eigenvalue weighted by molar-refractivity contribution is 5.97. The molecule has 2 aliphatic carbocycles. The molecule has 5 heteroatoms. The molecule has 0 amide bonds. The maximum absolute atomic E-state index is 12.3. The van der Waals surface area contributed by atoms with E-state index in [0.29, 0.717) is 6.42 Å². The SMILES string of the molecule is CO[C@@H](C)[C@]1(O)CC2=C(CCCC2=O)[C@H]2OC(C)(C)O[C@H]21. The van der Waals surface area contributed by atoms with Gasteiger partial charge in [-0.2, -0.15) is 0 Å². The van der Waals surface area contributed by atoms with Crippen molar-refractivity contribution >= 4 is 5.78 Å². The number of hydrogen-bond donors (Lipinski definition) is 1. The Kier molecular flexibility index (Phi) is 3.52. The van der Waals surface area contributed by atoms with Crippen LogP contribution in [0.2, 0.25) is 0 Å². The zero-order valence-corrected chi connectivity index (χ0v) is 13.1. The van der Waals surface area contributed by atoms with Gasteiger partial charge in [0.05, 0.1) is 6.10 Å². The maximum atomic E-state index is 12.3. The Morgan fingerprint density at radius 2 is 2.05 bits per heavy atom. The van der Waals surface area contributed by atoms with Crippen molar-refractivity contribution in [1.29, 1.82) is 0 Å². The Labute approximate surface area is 125 Å². The van der Waals surface area contributed by atoms with E-state index in [1.807, 2.05) is 20.8 Å². The summed E-state index contributed by atoms with van der Waals surface area (Å²) in [5.41, 5.74) is 0.518. The number of carbonyl (C=O) groups excluding carboxylic acids is 1. The number of hydrogen-bond acceptors (Lipinski definition) is 5. The Morgan fingerprint density at radius 1 is 1.33 bits per heavy atom. The molecule has 5 nitrogen and oxygen atoms in total. The van der Waals surface area contributed by atoms with Crippen molar-refractivity contribution in [2.24, 2.45) is 0 Å². The molecule has 1 aliphatic heterocycles. The van der Waals surface area contributed by atoms with Gasteiger partial charge in [0.15, 0.2) is 11.6 Å². The van der Waals surface area contributed by atoms with Gasteiger partial charge in [0.25, 0.3) is 0 Å².